The minimum absolute atomic E-state index is 0. The summed E-state index contributed by atoms with van der Waals surface area (Å²) in [5.41, 5.74) is 5.27. The molecule has 0 aromatic heterocycles. The normalized spacial score (nSPS) is 14.4. The first-order chi connectivity index (χ1) is 19.0. The summed E-state index contributed by atoms with van der Waals surface area (Å²) < 4.78 is 38.7. The van der Waals surface area contributed by atoms with Gasteiger partial charge in [-0.1, -0.05) is 102 Å². The van der Waals surface area contributed by atoms with Crippen LogP contribution in [-0.4, -0.2) is 4.21 Å². The van der Waals surface area contributed by atoms with Gasteiger partial charge in [-0.15, -0.1) is 46.7 Å². The monoisotopic (exact) mass is 703 g/mol. The van der Waals surface area contributed by atoms with Gasteiger partial charge in [0.2, 0.25) is 0 Å². The quantitative estimate of drug-likeness (QED) is 0.223. The summed E-state index contributed by atoms with van der Waals surface area (Å²) in [6.45, 7) is 20.1. The molecule has 0 fully saturated rings. The standard InChI is InChI=1S/C21H25.C8H11.C7H4F3.CH2.2ClH.Zr/c1-20(2,3)16-9-7-14-11-15-8-10-17(21(4,5)6)13-19(15)18(14)12-16;1-6-4-7(2)8(3)5-6;8-7(9,10)6-4-2-1-3-5-6;;;;/h7-13H,1-6H3;4,6H,1-3H3;2-5H;1H2;2*1H;/q3*-1;;;;+2/p-2. The van der Waals surface area contributed by atoms with Gasteiger partial charge in [-0.05, 0) is 10.8 Å². The first-order valence-corrected chi connectivity index (χ1v) is 15.5. The van der Waals surface area contributed by atoms with Crippen molar-refractivity contribution in [1.29, 1.82) is 0 Å². The Balaban J connectivity index is 0.000000673. The second kappa shape index (κ2) is 17.0. The first-order valence-electron chi connectivity index (χ1n) is 13.8. The number of hydrogen-bond donors (Lipinski definition) is 0. The van der Waals surface area contributed by atoms with Crippen molar-refractivity contribution < 1.29 is 62.2 Å². The zero-order valence-electron chi connectivity index (χ0n) is 26.6. The molecular formula is C37H42Cl2F3Zr-3. The molecule has 0 saturated heterocycles. The van der Waals surface area contributed by atoms with Gasteiger partial charge in [0.1, 0.15) is 0 Å². The van der Waals surface area contributed by atoms with Gasteiger partial charge in [-0.25, -0.2) is 11.1 Å². The third-order valence-electron chi connectivity index (χ3n) is 7.02. The number of alkyl halides is 3. The van der Waals surface area contributed by atoms with Crippen LogP contribution in [0.2, 0.25) is 0 Å². The number of allylic oxidation sites excluding steroid dienone is 4. The largest absolute Gasteiger partial charge is 1.00 e. The van der Waals surface area contributed by atoms with Gasteiger partial charge in [0.05, 0.1) is 0 Å². The number of rotatable bonds is 0. The predicted octanol–water partition coefficient (Wildman–Crippen LogP) is 5.12. The molecule has 6 heteroatoms. The Morgan fingerprint density at radius 2 is 1.14 bits per heavy atom. The van der Waals surface area contributed by atoms with Crippen LogP contribution in [0.3, 0.4) is 0 Å². The number of hydrogen-bond acceptors (Lipinski definition) is 0. The van der Waals surface area contributed by atoms with Crippen molar-refractivity contribution in [3.8, 4) is 0 Å². The molecule has 0 amide bonds. The molecule has 0 saturated carbocycles. The van der Waals surface area contributed by atoms with Crippen LogP contribution in [-0.2, 0) is 41.2 Å². The van der Waals surface area contributed by atoms with Crippen LogP contribution in [0, 0.1) is 18.1 Å². The van der Waals surface area contributed by atoms with Gasteiger partial charge in [0, 0.05) is 0 Å². The molecule has 0 bridgehead atoms. The molecule has 5 rings (SSSR count). The van der Waals surface area contributed by atoms with E-state index in [2.05, 4.69) is 127 Å². The Hall–Kier alpha value is -1.87. The Morgan fingerprint density at radius 3 is 1.40 bits per heavy atom. The molecule has 0 aliphatic heterocycles. The molecule has 43 heavy (non-hydrogen) atoms. The summed E-state index contributed by atoms with van der Waals surface area (Å²) in [6, 6.07) is 23.1. The summed E-state index contributed by atoms with van der Waals surface area (Å²) in [5, 5.41) is 5.49. The van der Waals surface area contributed by atoms with Gasteiger partial charge in [-0.3, -0.25) is 6.08 Å². The summed E-state index contributed by atoms with van der Waals surface area (Å²) in [4.78, 5) is 0. The van der Waals surface area contributed by atoms with Crippen molar-refractivity contribution in [1.82, 2.24) is 0 Å². The van der Waals surface area contributed by atoms with E-state index in [0.717, 1.165) is 12.1 Å². The van der Waals surface area contributed by atoms with Crippen molar-refractivity contribution in [2.45, 2.75) is 79.3 Å². The minimum atomic E-state index is -4.23. The van der Waals surface area contributed by atoms with E-state index in [4.69, 9.17) is 0 Å². The fourth-order valence-electron chi connectivity index (χ4n) is 4.50. The maximum absolute atomic E-state index is 11.8. The van der Waals surface area contributed by atoms with E-state index in [1.54, 1.807) is 0 Å². The third kappa shape index (κ3) is 11.9. The molecule has 0 nitrogen and oxygen atoms in total. The first kappa shape index (κ1) is 41.1. The molecule has 1 unspecified atom stereocenters. The molecule has 1 atom stereocenters. The van der Waals surface area contributed by atoms with Gasteiger partial charge in [0.25, 0.3) is 0 Å². The Labute approximate surface area is 284 Å². The van der Waals surface area contributed by atoms with E-state index < -0.39 is 11.7 Å². The average Bonchev–Trinajstić information content (AvgIpc) is 3.41. The zero-order valence-corrected chi connectivity index (χ0v) is 30.6. The predicted molar refractivity (Wildman–Crippen MR) is 167 cm³/mol. The third-order valence-corrected chi connectivity index (χ3v) is 7.02. The Kier molecular flexibility index (Phi) is 16.3. The van der Waals surface area contributed by atoms with E-state index >= 15 is 0 Å². The molecule has 4 aromatic carbocycles. The molecular weight excluding hydrogens is 664 g/mol. The fraction of sp³-hybridized carbons (Fsp3) is 0.351. The molecule has 0 N–H and O–H groups in total. The second-order valence-corrected chi connectivity index (χ2v) is 12.4. The van der Waals surface area contributed by atoms with E-state index in [1.165, 1.54) is 80.2 Å². The SMILES string of the molecule is CC(C)(C)c1ccc2[cH-]c3ccc(C(C)(C)C)cc3c2c1.CC1=[C-]C(C)C=C1C.FC(F)(F)c1cc[c-]cc1.[CH2]=[Zr+2].[Cl-].[Cl-]. The number of benzene rings is 3. The summed E-state index contributed by atoms with van der Waals surface area (Å²) in [7, 11) is 0. The zero-order chi connectivity index (χ0) is 31.2. The summed E-state index contributed by atoms with van der Waals surface area (Å²) in [5.74, 6) is 0.551. The van der Waals surface area contributed by atoms with Crippen molar-refractivity contribution >= 4 is 25.8 Å². The maximum atomic E-state index is 11.8. The molecule has 0 radical (unpaired) electrons. The van der Waals surface area contributed by atoms with Crippen LogP contribution in [0.25, 0.3) is 21.5 Å². The van der Waals surface area contributed by atoms with Crippen molar-refractivity contribution in [2.75, 3.05) is 0 Å². The number of halogens is 5. The molecule has 4 aromatic rings. The fourth-order valence-corrected chi connectivity index (χ4v) is 4.50. The van der Waals surface area contributed by atoms with E-state index in [-0.39, 0.29) is 35.6 Å². The van der Waals surface area contributed by atoms with E-state index in [1.807, 2.05) is 0 Å². The van der Waals surface area contributed by atoms with Crippen LogP contribution in [0.5, 0.6) is 0 Å². The summed E-state index contributed by atoms with van der Waals surface area (Å²) >= 11 is 1.30. The Bertz CT molecular complexity index is 1410. The van der Waals surface area contributed by atoms with Crippen LogP contribution in [0.4, 0.5) is 13.2 Å². The summed E-state index contributed by atoms with van der Waals surface area (Å²) in [6.07, 6.45) is 1.29. The van der Waals surface area contributed by atoms with E-state index in [9.17, 15) is 13.2 Å². The van der Waals surface area contributed by atoms with Crippen molar-refractivity contribution in [3.63, 3.8) is 0 Å². The average molecular weight is 706 g/mol. The maximum Gasteiger partial charge on any atom is -1.00 e. The van der Waals surface area contributed by atoms with Crippen LogP contribution in [0.1, 0.15) is 79.0 Å². The molecule has 1 aliphatic rings. The molecule has 232 valence electrons. The number of fused-ring (bicyclic) bond motifs is 3. The van der Waals surface area contributed by atoms with Gasteiger partial charge < -0.3 is 24.8 Å². The second-order valence-electron chi connectivity index (χ2n) is 12.4. The van der Waals surface area contributed by atoms with Crippen LogP contribution < -0.4 is 24.8 Å². The van der Waals surface area contributed by atoms with Gasteiger partial charge in [0.15, 0.2) is 0 Å². The molecule has 0 heterocycles. The van der Waals surface area contributed by atoms with Gasteiger partial charge in [-0.2, -0.15) is 49.6 Å². The van der Waals surface area contributed by atoms with Gasteiger partial charge >= 0.3 is 34.6 Å². The smallest absolute Gasteiger partial charge is 1.00 e. The van der Waals surface area contributed by atoms with Crippen molar-refractivity contribution in [2.24, 2.45) is 5.92 Å². The van der Waals surface area contributed by atoms with E-state index in [0.29, 0.717) is 5.92 Å². The topological polar surface area (TPSA) is 0 Å². The molecule has 0 spiro atoms. The molecule has 1 aliphatic carbocycles. The van der Waals surface area contributed by atoms with Crippen molar-refractivity contribution in [3.05, 3.63) is 113 Å². The van der Waals surface area contributed by atoms with Crippen LogP contribution in [0.15, 0.2) is 84.0 Å². The Morgan fingerprint density at radius 1 is 0.721 bits per heavy atom. The van der Waals surface area contributed by atoms with Crippen LogP contribution >= 0.6 is 0 Å². The minimum Gasteiger partial charge on any atom is -1.00 e.